The molecular formula is C18H22F3N3OS. The number of aromatic nitrogens is 1. The van der Waals surface area contributed by atoms with E-state index >= 15 is 0 Å². The number of alkyl halides is 3. The number of urea groups is 1. The third-order valence-electron chi connectivity index (χ3n) is 3.60. The predicted octanol–water partition coefficient (Wildman–Crippen LogP) is 4.50. The summed E-state index contributed by atoms with van der Waals surface area (Å²) in [4.78, 5) is 16.3. The SMILES string of the molecule is CC(C)(C)c1nc(CNC(=O)NCCc2ccc(C(F)(F)F)cc2)cs1. The molecule has 142 valence electrons. The Morgan fingerprint density at radius 1 is 1.12 bits per heavy atom. The van der Waals surface area contributed by atoms with Crippen molar-refractivity contribution in [1.29, 1.82) is 0 Å². The Bertz CT molecular complexity index is 733. The largest absolute Gasteiger partial charge is 0.416 e. The van der Waals surface area contributed by atoms with Crippen LogP contribution in [-0.2, 0) is 24.6 Å². The Hall–Kier alpha value is -2.09. The lowest BCUT2D eigenvalue weighted by molar-refractivity contribution is -0.137. The van der Waals surface area contributed by atoms with Crippen molar-refractivity contribution in [2.75, 3.05) is 6.54 Å². The number of carbonyl (C=O) groups excluding carboxylic acids is 1. The van der Waals surface area contributed by atoms with Crippen LogP contribution in [0.25, 0.3) is 0 Å². The molecule has 2 rings (SSSR count). The number of benzene rings is 1. The summed E-state index contributed by atoms with van der Waals surface area (Å²) < 4.78 is 37.5. The molecule has 2 amide bonds. The van der Waals surface area contributed by atoms with Crippen molar-refractivity contribution in [2.45, 2.75) is 45.3 Å². The van der Waals surface area contributed by atoms with Crippen molar-refractivity contribution >= 4 is 17.4 Å². The first kappa shape index (κ1) is 20.2. The summed E-state index contributed by atoms with van der Waals surface area (Å²) in [6.45, 7) is 6.91. The number of rotatable bonds is 5. The maximum absolute atomic E-state index is 12.5. The van der Waals surface area contributed by atoms with Gasteiger partial charge in [-0.15, -0.1) is 11.3 Å². The minimum Gasteiger partial charge on any atom is -0.338 e. The molecule has 0 aliphatic rings. The van der Waals surface area contributed by atoms with E-state index in [1.54, 1.807) is 11.3 Å². The Balaban J connectivity index is 1.73. The van der Waals surface area contributed by atoms with E-state index in [0.29, 0.717) is 19.5 Å². The van der Waals surface area contributed by atoms with Crippen molar-refractivity contribution in [2.24, 2.45) is 0 Å². The zero-order valence-electron chi connectivity index (χ0n) is 14.9. The smallest absolute Gasteiger partial charge is 0.338 e. The van der Waals surface area contributed by atoms with Crippen LogP contribution in [0.5, 0.6) is 0 Å². The Kier molecular flexibility index (Phi) is 6.28. The molecule has 4 nitrogen and oxygen atoms in total. The van der Waals surface area contributed by atoms with Crippen molar-refractivity contribution in [3.63, 3.8) is 0 Å². The number of hydrogen-bond acceptors (Lipinski definition) is 3. The lowest BCUT2D eigenvalue weighted by Crippen LogP contribution is -2.36. The summed E-state index contributed by atoms with van der Waals surface area (Å²) >= 11 is 1.56. The summed E-state index contributed by atoms with van der Waals surface area (Å²) in [6.07, 6.45) is -3.88. The third-order valence-corrected chi connectivity index (χ3v) is 4.92. The van der Waals surface area contributed by atoms with Crippen molar-refractivity contribution in [3.8, 4) is 0 Å². The van der Waals surface area contributed by atoms with E-state index in [0.717, 1.165) is 28.4 Å². The summed E-state index contributed by atoms with van der Waals surface area (Å²) in [5.41, 5.74) is 0.836. The first-order chi connectivity index (χ1) is 12.1. The fourth-order valence-corrected chi connectivity index (χ4v) is 3.05. The van der Waals surface area contributed by atoms with Gasteiger partial charge in [0.05, 0.1) is 22.8 Å². The van der Waals surface area contributed by atoms with Gasteiger partial charge in [-0.3, -0.25) is 0 Å². The van der Waals surface area contributed by atoms with Crippen LogP contribution in [0.2, 0.25) is 0 Å². The summed E-state index contributed by atoms with van der Waals surface area (Å²) in [7, 11) is 0. The lowest BCUT2D eigenvalue weighted by Gasteiger charge is -2.13. The summed E-state index contributed by atoms with van der Waals surface area (Å²) in [6, 6.07) is 4.61. The molecule has 0 radical (unpaired) electrons. The van der Waals surface area contributed by atoms with E-state index < -0.39 is 11.7 Å². The van der Waals surface area contributed by atoms with Gasteiger partial charge in [-0.2, -0.15) is 13.2 Å². The van der Waals surface area contributed by atoms with Crippen LogP contribution in [0.1, 0.15) is 42.6 Å². The maximum Gasteiger partial charge on any atom is 0.416 e. The highest BCUT2D eigenvalue weighted by Gasteiger charge is 2.29. The predicted molar refractivity (Wildman–Crippen MR) is 96.2 cm³/mol. The van der Waals surface area contributed by atoms with Gasteiger partial charge in [0.2, 0.25) is 0 Å². The number of hydrogen-bond donors (Lipinski definition) is 2. The molecule has 0 saturated carbocycles. The van der Waals surface area contributed by atoms with Crippen LogP contribution >= 0.6 is 11.3 Å². The molecular weight excluding hydrogens is 363 g/mol. The molecule has 0 spiro atoms. The van der Waals surface area contributed by atoms with E-state index in [4.69, 9.17) is 0 Å². The Morgan fingerprint density at radius 2 is 1.77 bits per heavy atom. The number of thiazole rings is 1. The second-order valence-corrected chi connectivity index (χ2v) is 7.81. The van der Waals surface area contributed by atoms with E-state index in [1.807, 2.05) is 5.38 Å². The molecule has 0 aliphatic heterocycles. The standard InChI is InChI=1S/C18H22F3N3OS/c1-17(2,3)15-24-14(11-26-15)10-23-16(25)22-9-8-12-4-6-13(7-5-12)18(19,20)21/h4-7,11H,8-10H2,1-3H3,(H2,22,23,25). The molecule has 0 aliphatic carbocycles. The third kappa shape index (κ3) is 6.01. The van der Waals surface area contributed by atoms with Crippen LogP contribution in [0.15, 0.2) is 29.6 Å². The van der Waals surface area contributed by atoms with Crippen molar-refractivity contribution < 1.29 is 18.0 Å². The van der Waals surface area contributed by atoms with Crippen LogP contribution in [0.3, 0.4) is 0 Å². The number of nitrogens with one attached hydrogen (secondary N) is 2. The first-order valence-electron chi connectivity index (χ1n) is 8.18. The quantitative estimate of drug-likeness (QED) is 0.796. The van der Waals surface area contributed by atoms with E-state index in [-0.39, 0.29) is 11.4 Å². The summed E-state index contributed by atoms with van der Waals surface area (Å²) in [5, 5.41) is 8.34. The van der Waals surface area contributed by atoms with Gasteiger partial charge < -0.3 is 10.6 Å². The highest BCUT2D eigenvalue weighted by Crippen LogP contribution is 2.29. The van der Waals surface area contributed by atoms with E-state index in [2.05, 4.69) is 36.4 Å². The zero-order valence-corrected chi connectivity index (χ0v) is 15.7. The second-order valence-electron chi connectivity index (χ2n) is 6.95. The van der Waals surface area contributed by atoms with Gasteiger partial charge in [0.25, 0.3) is 0 Å². The molecule has 0 bridgehead atoms. The fourth-order valence-electron chi connectivity index (χ4n) is 2.15. The van der Waals surface area contributed by atoms with Crippen molar-refractivity contribution in [3.05, 3.63) is 51.5 Å². The van der Waals surface area contributed by atoms with Gasteiger partial charge in [0, 0.05) is 17.3 Å². The number of halogens is 3. The topological polar surface area (TPSA) is 54.0 Å². The van der Waals surface area contributed by atoms with Crippen molar-refractivity contribution in [1.82, 2.24) is 15.6 Å². The van der Waals surface area contributed by atoms with Crippen LogP contribution in [0.4, 0.5) is 18.0 Å². The summed E-state index contributed by atoms with van der Waals surface area (Å²) in [5.74, 6) is 0. The molecule has 1 heterocycles. The van der Waals surface area contributed by atoms with Crippen LogP contribution in [-0.4, -0.2) is 17.6 Å². The molecule has 0 atom stereocenters. The van der Waals surface area contributed by atoms with Gasteiger partial charge in [-0.05, 0) is 24.1 Å². The molecule has 8 heteroatoms. The highest BCUT2D eigenvalue weighted by atomic mass is 32.1. The van der Waals surface area contributed by atoms with E-state index in [9.17, 15) is 18.0 Å². The minimum atomic E-state index is -4.33. The molecule has 1 aromatic carbocycles. The number of amides is 2. The second kappa shape index (κ2) is 8.07. The first-order valence-corrected chi connectivity index (χ1v) is 9.06. The van der Waals surface area contributed by atoms with Gasteiger partial charge >= 0.3 is 12.2 Å². The molecule has 0 unspecified atom stereocenters. The van der Waals surface area contributed by atoms with Gasteiger partial charge in [-0.1, -0.05) is 32.9 Å². The molecule has 0 saturated heterocycles. The van der Waals surface area contributed by atoms with Gasteiger partial charge in [0.15, 0.2) is 0 Å². The number of nitrogens with zero attached hydrogens (tertiary/aromatic N) is 1. The maximum atomic E-state index is 12.5. The molecule has 2 aromatic rings. The average Bonchev–Trinajstić information content (AvgIpc) is 3.02. The van der Waals surface area contributed by atoms with E-state index in [1.165, 1.54) is 12.1 Å². The highest BCUT2D eigenvalue weighted by molar-refractivity contribution is 7.09. The Labute approximate surface area is 154 Å². The normalized spacial score (nSPS) is 12.1. The average molecular weight is 385 g/mol. The lowest BCUT2D eigenvalue weighted by atomic mass is 9.98. The molecule has 2 N–H and O–H groups in total. The molecule has 26 heavy (non-hydrogen) atoms. The van der Waals surface area contributed by atoms with Crippen LogP contribution < -0.4 is 10.6 Å². The zero-order chi connectivity index (χ0) is 19.4. The monoisotopic (exact) mass is 385 g/mol. The number of carbonyl (C=O) groups is 1. The van der Waals surface area contributed by atoms with Gasteiger partial charge in [-0.25, -0.2) is 9.78 Å². The Morgan fingerprint density at radius 3 is 2.31 bits per heavy atom. The fraction of sp³-hybridized carbons (Fsp3) is 0.444. The minimum absolute atomic E-state index is 0.0210. The molecule has 1 aromatic heterocycles. The molecule has 0 fully saturated rings. The van der Waals surface area contributed by atoms with Crippen LogP contribution in [0, 0.1) is 0 Å². The van der Waals surface area contributed by atoms with Gasteiger partial charge in [0.1, 0.15) is 0 Å².